The van der Waals surface area contributed by atoms with Gasteiger partial charge in [-0.25, -0.2) is 0 Å². The molecule has 7 heteroatoms. The summed E-state index contributed by atoms with van der Waals surface area (Å²) in [6.45, 7) is 0.878. The number of carbonyl (C=O) groups excluding carboxylic acids is 1. The third-order valence-electron chi connectivity index (χ3n) is 4.59. The number of hydrogen-bond donors (Lipinski definition) is 2. The van der Waals surface area contributed by atoms with E-state index in [0.29, 0.717) is 18.5 Å². The van der Waals surface area contributed by atoms with Crippen molar-refractivity contribution in [3.8, 4) is 0 Å². The molecule has 3 nitrogen and oxygen atoms in total. The Morgan fingerprint density at radius 3 is 2.78 bits per heavy atom. The Morgan fingerprint density at radius 1 is 1.26 bits per heavy atom. The molecule has 1 aromatic carbocycles. The summed E-state index contributed by atoms with van der Waals surface area (Å²) in [6.07, 6.45) is -2.27. The van der Waals surface area contributed by atoms with Crippen LogP contribution >= 0.6 is 12.4 Å². The quantitative estimate of drug-likeness (QED) is 0.832. The Hall–Kier alpha value is -1.43. The fourth-order valence-electron chi connectivity index (χ4n) is 3.35. The van der Waals surface area contributed by atoms with E-state index < -0.39 is 18.0 Å². The van der Waals surface area contributed by atoms with E-state index in [1.54, 1.807) is 6.07 Å². The fraction of sp³-hybridized carbons (Fsp3) is 0.562. The molecular weight excluding hydrogens is 329 g/mol. The van der Waals surface area contributed by atoms with Crippen molar-refractivity contribution in [1.29, 1.82) is 0 Å². The summed E-state index contributed by atoms with van der Waals surface area (Å²) in [4.78, 5) is 12.2. The minimum Gasteiger partial charge on any atom is -0.384 e. The highest BCUT2D eigenvalue weighted by Crippen LogP contribution is 2.40. The van der Waals surface area contributed by atoms with E-state index in [4.69, 9.17) is 0 Å². The van der Waals surface area contributed by atoms with Crippen LogP contribution in [0.4, 0.5) is 24.5 Å². The van der Waals surface area contributed by atoms with Crippen molar-refractivity contribution >= 4 is 29.7 Å². The van der Waals surface area contributed by atoms with Crippen LogP contribution in [0.1, 0.15) is 31.2 Å². The molecule has 1 fully saturated rings. The third-order valence-corrected chi connectivity index (χ3v) is 4.59. The SMILES string of the molecule is Cl.O=C(Nc1ccc2c(c1)CCN2)C1CCCC(C(F)(F)F)C1. The van der Waals surface area contributed by atoms with Gasteiger partial charge in [0.2, 0.25) is 5.91 Å². The van der Waals surface area contributed by atoms with E-state index in [-0.39, 0.29) is 31.2 Å². The van der Waals surface area contributed by atoms with Gasteiger partial charge in [-0.3, -0.25) is 4.79 Å². The standard InChI is InChI=1S/C16H19F3N2O.ClH/c17-16(18,19)12-3-1-2-11(8-12)15(22)21-13-4-5-14-10(9-13)6-7-20-14;/h4-5,9,11-12,20H,1-3,6-8H2,(H,21,22);1H. The minimum atomic E-state index is -4.20. The van der Waals surface area contributed by atoms with Crippen LogP contribution in [0, 0.1) is 11.8 Å². The predicted molar refractivity (Wildman–Crippen MR) is 86.0 cm³/mol. The molecule has 0 aromatic heterocycles. The molecule has 1 amide bonds. The molecule has 3 rings (SSSR count). The number of carbonyl (C=O) groups is 1. The monoisotopic (exact) mass is 348 g/mol. The Kier molecular flexibility index (Phi) is 5.45. The lowest BCUT2D eigenvalue weighted by Crippen LogP contribution is -2.34. The second kappa shape index (κ2) is 6.99. The maximum atomic E-state index is 12.8. The zero-order valence-electron chi connectivity index (χ0n) is 12.6. The zero-order valence-corrected chi connectivity index (χ0v) is 13.4. The number of rotatable bonds is 2. The molecule has 1 saturated carbocycles. The second-order valence-electron chi connectivity index (χ2n) is 6.14. The van der Waals surface area contributed by atoms with Gasteiger partial charge in [0, 0.05) is 23.8 Å². The number of benzene rings is 1. The first-order valence-electron chi connectivity index (χ1n) is 7.68. The lowest BCUT2D eigenvalue weighted by molar-refractivity contribution is -0.185. The summed E-state index contributed by atoms with van der Waals surface area (Å²) in [5, 5.41) is 6.01. The summed E-state index contributed by atoms with van der Waals surface area (Å²) in [6, 6.07) is 5.59. The van der Waals surface area contributed by atoms with Crippen molar-refractivity contribution in [2.24, 2.45) is 11.8 Å². The average molecular weight is 349 g/mol. The molecule has 0 saturated heterocycles. The van der Waals surface area contributed by atoms with Gasteiger partial charge in [-0.2, -0.15) is 13.2 Å². The van der Waals surface area contributed by atoms with Crippen molar-refractivity contribution < 1.29 is 18.0 Å². The minimum absolute atomic E-state index is 0. The van der Waals surface area contributed by atoms with Gasteiger partial charge in [0.15, 0.2) is 0 Å². The van der Waals surface area contributed by atoms with Gasteiger partial charge in [-0.15, -0.1) is 12.4 Å². The number of anilines is 2. The second-order valence-corrected chi connectivity index (χ2v) is 6.14. The van der Waals surface area contributed by atoms with Crippen LogP contribution < -0.4 is 10.6 Å². The largest absolute Gasteiger partial charge is 0.391 e. The van der Waals surface area contributed by atoms with E-state index in [0.717, 1.165) is 24.2 Å². The molecule has 2 aliphatic rings. The van der Waals surface area contributed by atoms with Crippen molar-refractivity contribution in [2.75, 3.05) is 17.2 Å². The van der Waals surface area contributed by atoms with Gasteiger partial charge in [-0.1, -0.05) is 6.42 Å². The van der Waals surface area contributed by atoms with Crippen LogP contribution in [-0.4, -0.2) is 18.6 Å². The topological polar surface area (TPSA) is 41.1 Å². The fourth-order valence-corrected chi connectivity index (χ4v) is 3.35. The summed E-state index contributed by atoms with van der Waals surface area (Å²) in [7, 11) is 0. The van der Waals surface area contributed by atoms with Crippen LogP contribution in [0.3, 0.4) is 0 Å². The van der Waals surface area contributed by atoms with E-state index in [9.17, 15) is 18.0 Å². The molecule has 2 atom stereocenters. The smallest absolute Gasteiger partial charge is 0.384 e. The lowest BCUT2D eigenvalue weighted by Gasteiger charge is -2.29. The first-order valence-corrected chi connectivity index (χ1v) is 7.68. The van der Waals surface area contributed by atoms with Crippen molar-refractivity contribution in [1.82, 2.24) is 0 Å². The molecule has 1 aromatic rings. The Balaban J connectivity index is 0.00000192. The molecular formula is C16H20ClF3N2O. The molecule has 0 spiro atoms. The maximum absolute atomic E-state index is 12.8. The van der Waals surface area contributed by atoms with E-state index in [1.165, 1.54) is 0 Å². The average Bonchev–Trinajstić information content (AvgIpc) is 2.94. The number of hydrogen-bond acceptors (Lipinski definition) is 2. The van der Waals surface area contributed by atoms with Crippen LogP contribution in [-0.2, 0) is 11.2 Å². The molecule has 128 valence electrons. The van der Waals surface area contributed by atoms with Crippen molar-refractivity contribution in [3.05, 3.63) is 23.8 Å². The molecule has 2 N–H and O–H groups in total. The Bertz CT molecular complexity index is 577. The molecule has 1 aliphatic carbocycles. The number of halogens is 4. The van der Waals surface area contributed by atoms with E-state index >= 15 is 0 Å². The third kappa shape index (κ3) is 4.10. The molecule has 1 heterocycles. The normalized spacial score (nSPS) is 23.4. The molecule has 0 bridgehead atoms. The number of alkyl halides is 3. The Morgan fingerprint density at radius 2 is 2.04 bits per heavy atom. The van der Waals surface area contributed by atoms with Crippen LogP contribution in [0.15, 0.2) is 18.2 Å². The first-order chi connectivity index (χ1) is 10.4. The molecule has 0 radical (unpaired) electrons. The zero-order chi connectivity index (χ0) is 15.7. The van der Waals surface area contributed by atoms with Gasteiger partial charge >= 0.3 is 6.18 Å². The predicted octanol–water partition coefficient (Wildman–Crippen LogP) is 4.38. The molecule has 23 heavy (non-hydrogen) atoms. The van der Waals surface area contributed by atoms with Crippen LogP contribution in [0.25, 0.3) is 0 Å². The highest BCUT2D eigenvalue weighted by molar-refractivity contribution is 5.93. The van der Waals surface area contributed by atoms with Gasteiger partial charge in [0.05, 0.1) is 5.92 Å². The number of amides is 1. The molecule has 1 aliphatic heterocycles. The van der Waals surface area contributed by atoms with E-state index in [2.05, 4.69) is 10.6 Å². The maximum Gasteiger partial charge on any atom is 0.391 e. The van der Waals surface area contributed by atoms with Crippen molar-refractivity contribution in [3.63, 3.8) is 0 Å². The van der Waals surface area contributed by atoms with Crippen LogP contribution in [0.5, 0.6) is 0 Å². The van der Waals surface area contributed by atoms with Crippen LogP contribution in [0.2, 0.25) is 0 Å². The van der Waals surface area contributed by atoms with Gasteiger partial charge in [0.1, 0.15) is 0 Å². The van der Waals surface area contributed by atoms with Gasteiger partial charge < -0.3 is 10.6 Å². The summed E-state index contributed by atoms with van der Waals surface area (Å²) in [5.41, 5.74) is 2.86. The summed E-state index contributed by atoms with van der Waals surface area (Å²) >= 11 is 0. The highest BCUT2D eigenvalue weighted by Gasteiger charge is 2.43. The molecule has 2 unspecified atom stereocenters. The first kappa shape index (κ1) is 17.9. The summed E-state index contributed by atoms with van der Waals surface area (Å²) in [5.74, 6) is -2.19. The van der Waals surface area contributed by atoms with Gasteiger partial charge in [0.25, 0.3) is 0 Å². The van der Waals surface area contributed by atoms with Gasteiger partial charge in [-0.05, 0) is 49.4 Å². The van der Waals surface area contributed by atoms with E-state index in [1.807, 2.05) is 12.1 Å². The number of nitrogens with one attached hydrogen (secondary N) is 2. The van der Waals surface area contributed by atoms with Crippen molar-refractivity contribution in [2.45, 2.75) is 38.3 Å². The number of fused-ring (bicyclic) bond motifs is 1. The lowest BCUT2D eigenvalue weighted by atomic mass is 9.80. The summed E-state index contributed by atoms with van der Waals surface area (Å²) < 4.78 is 38.4. The highest BCUT2D eigenvalue weighted by atomic mass is 35.5. The Labute approximate surface area is 139 Å².